The summed E-state index contributed by atoms with van der Waals surface area (Å²) in [6, 6.07) is 9.51. The number of nitrogens with one attached hydrogen (secondary N) is 1. The van der Waals surface area contributed by atoms with Crippen molar-refractivity contribution >= 4 is 34.3 Å². The second-order valence-electron chi connectivity index (χ2n) is 6.67. The van der Waals surface area contributed by atoms with E-state index in [4.69, 9.17) is 4.74 Å². The smallest absolute Gasteiger partial charge is 0.341 e. The molecule has 0 radical (unpaired) electrons. The monoisotopic (exact) mass is 394 g/mol. The Hall–Kier alpha value is -2.91. The number of benzene rings is 1. The molecule has 1 aromatic carbocycles. The Morgan fingerprint density at radius 2 is 1.96 bits per heavy atom. The summed E-state index contributed by atoms with van der Waals surface area (Å²) in [7, 11) is 0. The van der Waals surface area contributed by atoms with E-state index >= 15 is 0 Å². The van der Waals surface area contributed by atoms with E-state index in [0.717, 1.165) is 47.3 Å². The van der Waals surface area contributed by atoms with E-state index in [1.165, 1.54) is 11.3 Å². The van der Waals surface area contributed by atoms with Gasteiger partial charge in [-0.3, -0.25) is 4.79 Å². The lowest BCUT2D eigenvalue weighted by molar-refractivity contribution is -0.112. The largest absolute Gasteiger partial charge is 0.462 e. The zero-order chi connectivity index (χ0) is 20.1. The predicted octanol–water partition coefficient (Wildman–Crippen LogP) is 4.66. The number of ether oxygens (including phenoxy) is 1. The number of esters is 1. The predicted molar refractivity (Wildman–Crippen MR) is 110 cm³/mol. The Bertz CT molecular complexity index is 965. The standard InChI is InChI=1S/C22H22N2O3S/c1-3-27-22(26)19-17-6-4-5-7-18(17)28-21(19)24-20(25)16(13-23)12-15-10-8-14(2)9-11-15/h8-12H,3-7H2,1-2H3,(H,24,25)/b16-12+. The summed E-state index contributed by atoms with van der Waals surface area (Å²) in [4.78, 5) is 26.3. The second-order valence-corrected chi connectivity index (χ2v) is 7.78. The topological polar surface area (TPSA) is 79.2 Å². The van der Waals surface area contributed by atoms with Crippen molar-refractivity contribution in [3.63, 3.8) is 0 Å². The quantitative estimate of drug-likeness (QED) is 0.454. The highest BCUT2D eigenvalue weighted by atomic mass is 32.1. The van der Waals surface area contributed by atoms with Gasteiger partial charge in [0.1, 0.15) is 16.6 Å². The molecule has 2 aromatic rings. The second kappa shape index (κ2) is 8.85. The van der Waals surface area contributed by atoms with Crippen molar-refractivity contribution in [3.05, 3.63) is 57.0 Å². The number of rotatable bonds is 5. The van der Waals surface area contributed by atoms with Gasteiger partial charge in [-0.05, 0) is 56.7 Å². The highest BCUT2D eigenvalue weighted by Gasteiger charge is 2.27. The molecule has 1 aliphatic carbocycles. The zero-order valence-corrected chi connectivity index (χ0v) is 16.8. The van der Waals surface area contributed by atoms with Gasteiger partial charge in [0.05, 0.1) is 12.2 Å². The van der Waals surface area contributed by atoms with Gasteiger partial charge in [-0.15, -0.1) is 11.3 Å². The molecule has 5 nitrogen and oxygen atoms in total. The van der Waals surface area contributed by atoms with Crippen molar-refractivity contribution in [2.45, 2.75) is 39.5 Å². The molecule has 1 heterocycles. The van der Waals surface area contributed by atoms with Crippen molar-refractivity contribution in [2.24, 2.45) is 0 Å². The van der Waals surface area contributed by atoms with Gasteiger partial charge in [0.25, 0.3) is 5.91 Å². The summed E-state index contributed by atoms with van der Waals surface area (Å²) in [6.45, 7) is 4.00. The number of thiophene rings is 1. The van der Waals surface area contributed by atoms with E-state index in [1.807, 2.05) is 37.3 Å². The molecular formula is C22H22N2O3S. The Morgan fingerprint density at radius 3 is 2.64 bits per heavy atom. The van der Waals surface area contributed by atoms with Crippen LogP contribution in [0.2, 0.25) is 0 Å². The zero-order valence-electron chi connectivity index (χ0n) is 16.0. The van der Waals surface area contributed by atoms with Crippen LogP contribution in [0.1, 0.15) is 51.7 Å². The molecule has 1 aliphatic rings. The fourth-order valence-corrected chi connectivity index (χ4v) is 4.49. The van der Waals surface area contributed by atoms with Crippen LogP contribution < -0.4 is 5.32 Å². The number of carbonyl (C=O) groups is 2. The molecule has 0 atom stereocenters. The van der Waals surface area contributed by atoms with E-state index in [1.54, 1.807) is 13.0 Å². The van der Waals surface area contributed by atoms with Gasteiger partial charge in [0.15, 0.2) is 0 Å². The molecular weight excluding hydrogens is 372 g/mol. The number of aryl methyl sites for hydroxylation is 2. The average Bonchev–Trinajstić information content (AvgIpc) is 3.05. The molecule has 6 heteroatoms. The molecule has 1 aromatic heterocycles. The van der Waals surface area contributed by atoms with E-state index in [0.29, 0.717) is 10.6 Å². The van der Waals surface area contributed by atoms with Gasteiger partial charge in [0, 0.05) is 4.88 Å². The molecule has 0 unspecified atom stereocenters. The number of anilines is 1. The average molecular weight is 394 g/mol. The molecule has 0 aliphatic heterocycles. The number of nitrogens with zero attached hydrogens (tertiary/aromatic N) is 1. The first-order valence-electron chi connectivity index (χ1n) is 9.35. The summed E-state index contributed by atoms with van der Waals surface area (Å²) in [5.41, 5.74) is 3.29. The minimum atomic E-state index is -0.521. The number of hydrogen-bond acceptors (Lipinski definition) is 5. The molecule has 0 saturated heterocycles. The summed E-state index contributed by atoms with van der Waals surface area (Å²) < 4.78 is 5.21. The van der Waals surface area contributed by atoms with Gasteiger partial charge in [0.2, 0.25) is 0 Å². The van der Waals surface area contributed by atoms with Gasteiger partial charge in [-0.1, -0.05) is 29.8 Å². The minimum Gasteiger partial charge on any atom is -0.462 e. The van der Waals surface area contributed by atoms with Crippen molar-refractivity contribution in [1.82, 2.24) is 0 Å². The van der Waals surface area contributed by atoms with Crippen molar-refractivity contribution in [1.29, 1.82) is 5.26 Å². The summed E-state index contributed by atoms with van der Waals surface area (Å²) in [5.74, 6) is -0.939. The first-order valence-corrected chi connectivity index (χ1v) is 10.2. The molecule has 0 saturated carbocycles. The lowest BCUT2D eigenvalue weighted by atomic mass is 9.95. The summed E-state index contributed by atoms with van der Waals surface area (Å²) >= 11 is 1.41. The van der Waals surface area contributed by atoms with E-state index < -0.39 is 11.9 Å². The SMILES string of the molecule is CCOC(=O)c1c(NC(=O)/C(C#N)=C/c2ccc(C)cc2)sc2c1CCCC2. The normalized spacial score (nSPS) is 13.4. The third kappa shape index (κ3) is 4.32. The number of nitriles is 1. The first kappa shape index (κ1) is 19.8. The molecule has 0 fully saturated rings. The van der Waals surface area contributed by atoms with Crippen molar-refractivity contribution in [3.8, 4) is 6.07 Å². The number of carbonyl (C=O) groups excluding carboxylic acids is 2. The van der Waals surface area contributed by atoms with Crippen molar-refractivity contribution in [2.75, 3.05) is 11.9 Å². The Morgan fingerprint density at radius 1 is 1.25 bits per heavy atom. The van der Waals surface area contributed by atoms with Crippen LogP contribution in [0.3, 0.4) is 0 Å². The highest BCUT2D eigenvalue weighted by Crippen LogP contribution is 2.38. The van der Waals surface area contributed by atoms with Crippen LogP contribution in [0.25, 0.3) is 6.08 Å². The molecule has 0 bridgehead atoms. The van der Waals surface area contributed by atoms with Gasteiger partial charge >= 0.3 is 5.97 Å². The van der Waals surface area contributed by atoms with Crippen LogP contribution in [0, 0.1) is 18.3 Å². The first-order chi connectivity index (χ1) is 13.5. The van der Waals surface area contributed by atoms with E-state index in [-0.39, 0.29) is 12.2 Å². The molecule has 28 heavy (non-hydrogen) atoms. The fourth-order valence-electron chi connectivity index (χ4n) is 3.22. The van der Waals surface area contributed by atoms with Gasteiger partial charge in [-0.2, -0.15) is 5.26 Å². The molecule has 1 amide bonds. The van der Waals surface area contributed by atoms with Crippen LogP contribution in [0.15, 0.2) is 29.8 Å². The fraction of sp³-hybridized carbons (Fsp3) is 0.318. The minimum absolute atomic E-state index is 0.00923. The molecule has 144 valence electrons. The third-order valence-electron chi connectivity index (χ3n) is 4.63. The third-order valence-corrected chi connectivity index (χ3v) is 5.84. The van der Waals surface area contributed by atoms with Crippen LogP contribution >= 0.6 is 11.3 Å². The van der Waals surface area contributed by atoms with Gasteiger partial charge in [-0.25, -0.2) is 4.79 Å². The number of hydrogen-bond donors (Lipinski definition) is 1. The maximum Gasteiger partial charge on any atom is 0.341 e. The lowest BCUT2D eigenvalue weighted by Crippen LogP contribution is -2.16. The Kier molecular flexibility index (Phi) is 6.27. The number of amides is 1. The Balaban J connectivity index is 1.90. The highest BCUT2D eigenvalue weighted by molar-refractivity contribution is 7.17. The van der Waals surface area contributed by atoms with Crippen LogP contribution in [-0.2, 0) is 22.4 Å². The maximum atomic E-state index is 12.7. The lowest BCUT2D eigenvalue weighted by Gasteiger charge is -2.12. The Labute approximate surface area is 168 Å². The summed E-state index contributed by atoms with van der Waals surface area (Å²) in [6.07, 6.45) is 5.33. The van der Waals surface area contributed by atoms with Gasteiger partial charge < -0.3 is 10.1 Å². The molecule has 3 rings (SSSR count). The van der Waals surface area contributed by atoms with Crippen LogP contribution in [-0.4, -0.2) is 18.5 Å². The molecule has 0 spiro atoms. The van der Waals surface area contributed by atoms with Crippen molar-refractivity contribution < 1.29 is 14.3 Å². The maximum absolute atomic E-state index is 12.7. The molecule has 1 N–H and O–H groups in total. The summed E-state index contributed by atoms with van der Waals surface area (Å²) in [5, 5.41) is 12.7. The van der Waals surface area contributed by atoms with E-state index in [9.17, 15) is 14.9 Å². The van der Waals surface area contributed by atoms with E-state index in [2.05, 4.69) is 5.32 Å². The van der Waals surface area contributed by atoms with Crippen LogP contribution in [0.5, 0.6) is 0 Å². The number of fused-ring (bicyclic) bond motifs is 1. The van der Waals surface area contributed by atoms with Crippen LogP contribution in [0.4, 0.5) is 5.00 Å².